The molecule has 0 saturated carbocycles. The topological polar surface area (TPSA) is 34.1 Å². The van der Waals surface area contributed by atoms with Gasteiger partial charge in [-0.05, 0) is 12.1 Å². The summed E-state index contributed by atoms with van der Waals surface area (Å²) in [7, 11) is -1.49. The van der Waals surface area contributed by atoms with Crippen LogP contribution < -0.4 is 0 Å². The van der Waals surface area contributed by atoms with E-state index < -0.39 is 16.6 Å². The van der Waals surface area contributed by atoms with Crippen LogP contribution in [0.1, 0.15) is 16.8 Å². The highest BCUT2D eigenvalue weighted by atomic mass is 32.2. The van der Waals surface area contributed by atoms with E-state index in [0.717, 1.165) is 0 Å². The van der Waals surface area contributed by atoms with E-state index in [1.807, 2.05) is 6.07 Å². The maximum absolute atomic E-state index is 13.4. The second-order valence-electron chi connectivity index (χ2n) is 4.02. The molecule has 2 aromatic carbocycles. The van der Waals surface area contributed by atoms with Gasteiger partial charge in [0.1, 0.15) is 5.82 Å². The van der Waals surface area contributed by atoms with Crippen LogP contribution in [0.2, 0.25) is 0 Å². The van der Waals surface area contributed by atoms with E-state index in [4.69, 9.17) is 0 Å². The van der Waals surface area contributed by atoms with E-state index in [1.165, 1.54) is 12.1 Å². The quantitative estimate of drug-likeness (QED) is 0.786. The maximum Gasteiger partial charge on any atom is 0.163 e. The molecule has 0 bridgehead atoms. The summed E-state index contributed by atoms with van der Waals surface area (Å²) in [5.41, 5.74) is 0.591. The van der Waals surface area contributed by atoms with E-state index in [0.29, 0.717) is 5.56 Å². The molecular formula is C15H13FO2S. The van der Waals surface area contributed by atoms with Crippen molar-refractivity contribution in [3.05, 3.63) is 66.0 Å². The third-order valence-electron chi connectivity index (χ3n) is 2.69. The number of carbonyl (C=O) groups is 1. The highest BCUT2D eigenvalue weighted by molar-refractivity contribution is 7.85. The van der Waals surface area contributed by atoms with Crippen molar-refractivity contribution < 1.29 is 13.4 Å². The molecule has 1 unspecified atom stereocenters. The summed E-state index contributed by atoms with van der Waals surface area (Å²) in [6, 6.07) is 14.8. The third kappa shape index (κ3) is 3.58. The van der Waals surface area contributed by atoms with E-state index in [9.17, 15) is 13.4 Å². The van der Waals surface area contributed by atoms with Crippen molar-refractivity contribution in [1.29, 1.82) is 0 Å². The van der Waals surface area contributed by atoms with Gasteiger partial charge in [0.2, 0.25) is 0 Å². The number of carbonyl (C=O) groups excluding carboxylic acids is 1. The van der Waals surface area contributed by atoms with Crippen molar-refractivity contribution in [3.8, 4) is 0 Å². The van der Waals surface area contributed by atoms with Gasteiger partial charge in [0.25, 0.3) is 0 Å². The van der Waals surface area contributed by atoms with E-state index in [1.54, 1.807) is 36.4 Å². The smallest absolute Gasteiger partial charge is 0.163 e. The summed E-state index contributed by atoms with van der Waals surface area (Å²) in [5, 5.41) is 0. The lowest BCUT2D eigenvalue weighted by atomic mass is 10.1. The normalized spacial score (nSPS) is 12.1. The average molecular weight is 276 g/mol. The van der Waals surface area contributed by atoms with Crippen LogP contribution in [0.4, 0.5) is 4.39 Å². The van der Waals surface area contributed by atoms with Crippen LogP contribution >= 0.6 is 0 Å². The number of benzene rings is 2. The summed E-state index contributed by atoms with van der Waals surface area (Å²) in [4.78, 5) is 12.0. The first kappa shape index (κ1) is 13.6. The predicted octanol–water partition coefficient (Wildman–Crippen LogP) is 3.21. The summed E-state index contributed by atoms with van der Waals surface area (Å²) in [5.74, 6) is -0.437. The van der Waals surface area contributed by atoms with Crippen LogP contribution in [-0.4, -0.2) is 15.7 Å². The van der Waals surface area contributed by atoms with E-state index in [-0.39, 0.29) is 22.9 Å². The van der Waals surface area contributed by atoms with Gasteiger partial charge in [0.05, 0.1) is 15.7 Å². The zero-order valence-electron chi connectivity index (χ0n) is 10.2. The molecule has 0 fully saturated rings. The molecule has 2 nitrogen and oxygen atoms in total. The Kier molecular flexibility index (Phi) is 4.58. The fraction of sp³-hybridized carbons (Fsp3) is 0.133. The summed E-state index contributed by atoms with van der Waals surface area (Å²) in [6.45, 7) is 0. The number of hydrogen-bond donors (Lipinski definition) is 0. The van der Waals surface area contributed by atoms with Gasteiger partial charge in [-0.1, -0.05) is 42.5 Å². The molecule has 0 aliphatic heterocycles. The lowest BCUT2D eigenvalue weighted by Gasteiger charge is -2.03. The largest absolute Gasteiger partial charge is 0.294 e. The number of halogens is 1. The van der Waals surface area contributed by atoms with Crippen LogP contribution in [0.3, 0.4) is 0 Å². The minimum atomic E-state index is -1.49. The molecule has 0 aromatic heterocycles. The van der Waals surface area contributed by atoms with Crippen LogP contribution in [-0.2, 0) is 10.8 Å². The van der Waals surface area contributed by atoms with E-state index >= 15 is 0 Å². The highest BCUT2D eigenvalue weighted by Crippen LogP contribution is 2.13. The van der Waals surface area contributed by atoms with E-state index in [2.05, 4.69) is 0 Å². The van der Waals surface area contributed by atoms with Crippen molar-refractivity contribution in [2.24, 2.45) is 0 Å². The summed E-state index contributed by atoms with van der Waals surface area (Å²) < 4.78 is 25.3. The Morgan fingerprint density at radius 1 is 1.00 bits per heavy atom. The molecule has 19 heavy (non-hydrogen) atoms. The van der Waals surface area contributed by atoms with Crippen LogP contribution in [0, 0.1) is 5.82 Å². The number of hydrogen-bond acceptors (Lipinski definition) is 2. The SMILES string of the molecule is O=C(CCS(=O)c1ccccc1F)c1ccccc1. The Bertz CT molecular complexity index is 596. The minimum Gasteiger partial charge on any atom is -0.294 e. The molecule has 2 aromatic rings. The van der Waals surface area contributed by atoms with Gasteiger partial charge in [-0.15, -0.1) is 0 Å². The molecular weight excluding hydrogens is 263 g/mol. The number of Topliss-reactive ketones (excluding diaryl/α,β-unsaturated/α-hetero) is 1. The Morgan fingerprint density at radius 3 is 2.32 bits per heavy atom. The first-order valence-electron chi connectivity index (χ1n) is 5.89. The molecule has 1 atom stereocenters. The van der Waals surface area contributed by atoms with Gasteiger partial charge in [0, 0.05) is 17.7 Å². The maximum atomic E-state index is 13.4. The van der Waals surface area contributed by atoms with Crippen molar-refractivity contribution in [2.45, 2.75) is 11.3 Å². The van der Waals surface area contributed by atoms with Crippen molar-refractivity contribution in [3.63, 3.8) is 0 Å². The molecule has 2 rings (SSSR count). The Balaban J connectivity index is 1.98. The minimum absolute atomic E-state index is 0.0784. The van der Waals surface area contributed by atoms with Gasteiger partial charge < -0.3 is 0 Å². The molecule has 0 N–H and O–H groups in total. The first-order chi connectivity index (χ1) is 9.18. The zero-order chi connectivity index (χ0) is 13.7. The first-order valence-corrected chi connectivity index (χ1v) is 7.21. The third-order valence-corrected chi connectivity index (χ3v) is 4.09. The van der Waals surface area contributed by atoms with Crippen molar-refractivity contribution in [1.82, 2.24) is 0 Å². The highest BCUT2D eigenvalue weighted by Gasteiger charge is 2.12. The molecule has 0 amide bonds. The number of rotatable bonds is 5. The van der Waals surface area contributed by atoms with Crippen molar-refractivity contribution >= 4 is 16.6 Å². The fourth-order valence-corrected chi connectivity index (χ4v) is 2.80. The van der Waals surface area contributed by atoms with Gasteiger partial charge in [-0.25, -0.2) is 4.39 Å². The molecule has 0 aliphatic carbocycles. The van der Waals surface area contributed by atoms with Gasteiger partial charge >= 0.3 is 0 Å². The molecule has 0 spiro atoms. The van der Waals surface area contributed by atoms with Crippen LogP contribution in [0.5, 0.6) is 0 Å². The van der Waals surface area contributed by atoms with Gasteiger partial charge in [-0.2, -0.15) is 0 Å². The fourth-order valence-electron chi connectivity index (χ4n) is 1.69. The Morgan fingerprint density at radius 2 is 1.63 bits per heavy atom. The molecule has 4 heteroatoms. The summed E-state index contributed by atoms with van der Waals surface area (Å²) in [6.07, 6.45) is 0.144. The Hall–Kier alpha value is -1.81. The zero-order valence-corrected chi connectivity index (χ0v) is 11.0. The summed E-state index contributed by atoms with van der Waals surface area (Å²) >= 11 is 0. The molecule has 0 saturated heterocycles. The number of ketones is 1. The molecule has 98 valence electrons. The standard InChI is InChI=1S/C15H13FO2S/c16-13-8-4-5-9-15(13)19(18)11-10-14(17)12-6-2-1-3-7-12/h1-9H,10-11H2. The second-order valence-corrected chi connectivity index (χ2v) is 5.56. The van der Waals surface area contributed by atoms with Gasteiger partial charge in [0.15, 0.2) is 5.78 Å². The molecule has 0 heterocycles. The van der Waals surface area contributed by atoms with Gasteiger partial charge in [-0.3, -0.25) is 9.00 Å². The Labute approximate surface area is 113 Å². The molecule has 0 aliphatic rings. The second kappa shape index (κ2) is 6.38. The van der Waals surface area contributed by atoms with Crippen LogP contribution in [0.25, 0.3) is 0 Å². The lowest BCUT2D eigenvalue weighted by Crippen LogP contribution is -2.07. The monoisotopic (exact) mass is 276 g/mol. The van der Waals surface area contributed by atoms with Crippen LogP contribution in [0.15, 0.2) is 59.5 Å². The molecule has 0 radical (unpaired) electrons. The average Bonchev–Trinajstić information content (AvgIpc) is 2.46. The van der Waals surface area contributed by atoms with Crippen molar-refractivity contribution in [2.75, 3.05) is 5.75 Å². The lowest BCUT2D eigenvalue weighted by molar-refractivity contribution is 0.0989. The predicted molar refractivity (Wildman–Crippen MR) is 73.1 cm³/mol.